The Kier molecular flexibility index (Phi) is 3.32. The maximum atomic E-state index is 11.1. The van der Waals surface area contributed by atoms with Crippen LogP contribution in [0.4, 0.5) is 11.4 Å². The van der Waals surface area contributed by atoms with Gasteiger partial charge in [0, 0.05) is 12.1 Å². The van der Waals surface area contributed by atoms with E-state index in [0.29, 0.717) is 28.7 Å². The first kappa shape index (κ1) is 12.5. The second-order valence-corrected chi connectivity index (χ2v) is 4.85. The molecule has 2 rings (SSSR count). The van der Waals surface area contributed by atoms with E-state index < -0.39 is 5.76 Å². The third-order valence-electron chi connectivity index (χ3n) is 3.18. The van der Waals surface area contributed by atoms with Crippen LogP contribution in [0.2, 0.25) is 0 Å². The van der Waals surface area contributed by atoms with Gasteiger partial charge in [-0.3, -0.25) is 4.98 Å². The number of rotatable bonds is 4. The van der Waals surface area contributed by atoms with Crippen molar-refractivity contribution in [3.63, 3.8) is 0 Å². The zero-order chi connectivity index (χ0) is 13.3. The summed E-state index contributed by atoms with van der Waals surface area (Å²) < 4.78 is 4.96. The number of aromatic amines is 1. The molecule has 0 spiro atoms. The SMILES string of the molecule is CCC(Nc1cc2[nH]c(=O)oc2cc1N)C(C)C. The van der Waals surface area contributed by atoms with Crippen LogP contribution >= 0.6 is 0 Å². The van der Waals surface area contributed by atoms with Gasteiger partial charge < -0.3 is 15.5 Å². The minimum absolute atomic E-state index is 0.350. The number of anilines is 2. The Morgan fingerprint density at radius 3 is 2.78 bits per heavy atom. The number of H-pyrrole nitrogens is 1. The number of oxazole rings is 1. The van der Waals surface area contributed by atoms with E-state index in [1.54, 1.807) is 6.07 Å². The van der Waals surface area contributed by atoms with Crippen molar-refractivity contribution in [2.75, 3.05) is 11.1 Å². The fourth-order valence-electron chi connectivity index (χ4n) is 2.08. The molecule has 98 valence electrons. The minimum atomic E-state index is -0.461. The number of nitrogens with one attached hydrogen (secondary N) is 2. The van der Waals surface area contributed by atoms with Gasteiger partial charge in [-0.25, -0.2) is 4.79 Å². The Balaban J connectivity index is 2.38. The lowest BCUT2D eigenvalue weighted by Crippen LogP contribution is -2.25. The van der Waals surface area contributed by atoms with Crippen LogP contribution in [0.5, 0.6) is 0 Å². The predicted octanol–water partition coefficient (Wildman–Crippen LogP) is 2.55. The summed E-state index contributed by atoms with van der Waals surface area (Å²) in [5, 5.41) is 3.41. The van der Waals surface area contributed by atoms with Gasteiger partial charge in [-0.15, -0.1) is 0 Å². The highest BCUT2D eigenvalue weighted by Gasteiger charge is 2.13. The van der Waals surface area contributed by atoms with Crippen LogP contribution in [0.25, 0.3) is 11.1 Å². The summed E-state index contributed by atoms with van der Waals surface area (Å²) in [6.45, 7) is 6.46. The van der Waals surface area contributed by atoms with E-state index in [9.17, 15) is 4.79 Å². The van der Waals surface area contributed by atoms with E-state index in [2.05, 4.69) is 31.1 Å². The lowest BCUT2D eigenvalue weighted by atomic mass is 10.0. The van der Waals surface area contributed by atoms with Gasteiger partial charge in [0.05, 0.1) is 16.9 Å². The third kappa shape index (κ3) is 2.34. The molecule has 0 aliphatic carbocycles. The van der Waals surface area contributed by atoms with Crippen molar-refractivity contribution in [2.45, 2.75) is 33.2 Å². The van der Waals surface area contributed by atoms with Crippen LogP contribution < -0.4 is 16.8 Å². The first-order valence-corrected chi connectivity index (χ1v) is 6.20. The zero-order valence-corrected chi connectivity index (χ0v) is 10.9. The molecule has 0 aliphatic heterocycles. The Bertz CT molecular complexity index is 598. The normalized spacial score (nSPS) is 13.1. The van der Waals surface area contributed by atoms with E-state index in [1.165, 1.54) is 0 Å². The first-order valence-electron chi connectivity index (χ1n) is 6.20. The highest BCUT2D eigenvalue weighted by atomic mass is 16.4. The third-order valence-corrected chi connectivity index (χ3v) is 3.18. The van der Waals surface area contributed by atoms with Gasteiger partial charge in [-0.05, 0) is 18.4 Å². The number of nitrogens with two attached hydrogens (primary N) is 1. The maximum Gasteiger partial charge on any atom is 0.417 e. The lowest BCUT2D eigenvalue weighted by Gasteiger charge is -2.22. The predicted molar refractivity (Wildman–Crippen MR) is 73.8 cm³/mol. The average Bonchev–Trinajstić information content (AvgIpc) is 2.64. The molecule has 18 heavy (non-hydrogen) atoms. The van der Waals surface area contributed by atoms with Crippen LogP contribution in [-0.4, -0.2) is 11.0 Å². The van der Waals surface area contributed by atoms with Gasteiger partial charge >= 0.3 is 5.76 Å². The standard InChI is InChI=1S/C13H19N3O2/c1-4-9(7(2)3)15-10-6-11-12(5-8(10)14)18-13(17)16-11/h5-7,9,15H,4,14H2,1-3H3,(H,16,17). The number of benzene rings is 1. The second-order valence-electron chi connectivity index (χ2n) is 4.85. The fraction of sp³-hybridized carbons (Fsp3) is 0.462. The van der Waals surface area contributed by atoms with Crippen LogP contribution in [0.15, 0.2) is 21.3 Å². The molecule has 0 amide bonds. The molecule has 1 heterocycles. The number of fused-ring (bicyclic) bond motifs is 1. The summed E-state index contributed by atoms with van der Waals surface area (Å²) >= 11 is 0. The number of hydrogen-bond donors (Lipinski definition) is 3. The molecule has 0 radical (unpaired) electrons. The Morgan fingerprint density at radius 1 is 1.44 bits per heavy atom. The summed E-state index contributed by atoms with van der Waals surface area (Å²) in [6, 6.07) is 3.84. The molecular weight excluding hydrogens is 230 g/mol. The molecule has 1 atom stereocenters. The van der Waals surface area contributed by atoms with E-state index >= 15 is 0 Å². The quantitative estimate of drug-likeness (QED) is 0.727. The van der Waals surface area contributed by atoms with Gasteiger partial charge in [0.1, 0.15) is 0 Å². The molecule has 5 heteroatoms. The van der Waals surface area contributed by atoms with Crippen LogP contribution in [0.3, 0.4) is 0 Å². The summed E-state index contributed by atoms with van der Waals surface area (Å²) in [7, 11) is 0. The van der Waals surface area contributed by atoms with Crippen molar-refractivity contribution >= 4 is 22.5 Å². The second kappa shape index (κ2) is 4.76. The molecule has 0 aliphatic rings. The molecule has 0 bridgehead atoms. The van der Waals surface area contributed by atoms with Crippen LogP contribution in [0, 0.1) is 5.92 Å². The summed E-state index contributed by atoms with van der Waals surface area (Å²) in [6.07, 6.45) is 1.01. The number of aromatic nitrogens is 1. The highest BCUT2D eigenvalue weighted by molar-refractivity contribution is 5.85. The summed E-state index contributed by atoms with van der Waals surface area (Å²) in [5.41, 5.74) is 8.53. The maximum absolute atomic E-state index is 11.1. The molecule has 0 saturated heterocycles. The van der Waals surface area contributed by atoms with E-state index in [1.807, 2.05) is 6.07 Å². The molecule has 1 unspecified atom stereocenters. The highest BCUT2D eigenvalue weighted by Crippen LogP contribution is 2.26. The molecule has 0 fully saturated rings. The van der Waals surface area contributed by atoms with Crippen molar-refractivity contribution < 1.29 is 4.42 Å². The van der Waals surface area contributed by atoms with Crippen molar-refractivity contribution in [3.05, 3.63) is 22.7 Å². The van der Waals surface area contributed by atoms with E-state index in [4.69, 9.17) is 10.2 Å². The molecule has 1 aromatic heterocycles. The Labute approximate surface area is 105 Å². The summed E-state index contributed by atoms with van der Waals surface area (Å²) in [4.78, 5) is 13.7. The number of nitrogen functional groups attached to an aromatic ring is 1. The zero-order valence-electron chi connectivity index (χ0n) is 10.9. The van der Waals surface area contributed by atoms with Gasteiger partial charge in [0.2, 0.25) is 0 Å². The monoisotopic (exact) mass is 249 g/mol. The topological polar surface area (TPSA) is 84.0 Å². The van der Waals surface area contributed by atoms with Crippen molar-refractivity contribution in [2.24, 2.45) is 5.92 Å². The first-order chi connectivity index (χ1) is 8.51. The average molecular weight is 249 g/mol. The Morgan fingerprint density at radius 2 is 2.17 bits per heavy atom. The molecule has 0 saturated carbocycles. The number of hydrogen-bond acceptors (Lipinski definition) is 4. The molecule has 4 N–H and O–H groups in total. The smallest absolute Gasteiger partial charge is 0.408 e. The summed E-state index contributed by atoms with van der Waals surface area (Å²) in [5.74, 6) is 0.0472. The van der Waals surface area contributed by atoms with Crippen molar-refractivity contribution in [1.82, 2.24) is 4.98 Å². The molecular formula is C13H19N3O2. The van der Waals surface area contributed by atoms with Crippen LogP contribution in [0.1, 0.15) is 27.2 Å². The fourth-order valence-corrected chi connectivity index (χ4v) is 2.08. The Hall–Kier alpha value is -1.91. The minimum Gasteiger partial charge on any atom is -0.408 e. The molecule has 2 aromatic rings. The van der Waals surface area contributed by atoms with Crippen molar-refractivity contribution in [1.29, 1.82) is 0 Å². The van der Waals surface area contributed by atoms with Gasteiger partial charge in [-0.2, -0.15) is 0 Å². The van der Waals surface area contributed by atoms with Gasteiger partial charge in [0.25, 0.3) is 0 Å². The molecule has 5 nitrogen and oxygen atoms in total. The van der Waals surface area contributed by atoms with Crippen LogP contribution in [-0.2, 0) is 0 Å². The largest absolute Gasteiger partial charge is 0.417 e. The van der Waals surface area contributed by atoms with E-state index in [-0.39, 0.29) is 0 Å². The molecule has 1 aromatic carbocycles. The van der Waals surface area contributed by atoms with Gasteiger partial charge in [-0.1, -0.05) is 20.8 Å². The van der Waals surface area contributed by atoms with E-state index in [0.717, 1.165) is 12.1 Å². The van der Waals surface area contributed by atoms with Gasteiger partial charge in [0.15, 0.2) is 5.58 Å². The lowest BCUT2D eigenvalue weighted by molar-refractivity contribution is 0.511. The van der Waals surface area contributed by atoms with Crippen molar-refractivity contribution in [3.8, 4) is 0 Å².